The number of hydrogen-bond acceptors (Lipinski definition) is 5. The molecule has 8 heteroatoms. The maximum Gasteiger partial charge on any atom is 0.308 e. The van der Waals surface area contributed by atoms with Crippen molar-refractivity contribution in [3.8, 4) is 5.75 Å². The van der Waals surface area contributed by atoms with Gasteiger partial charge in [0, 0.05) is 11.6 Å². The Morgan fingerprint density at radius 1 is 1.14 bits per heavy atom. The minimum atomic E-state index is -0.145. The number of rotatable bonds is 6. The fourth-order valence-corrected chi connectivity index (χ4v) is 4.42. The molecule has 1 aromatic carbocycles. The van der Waals surface area contributed by atoms with Gasteiger partial charge in [0.05, 0.1) is 24.1 Å². The van der Waals surface area contributed by atoms with E-state index in [4.69, 9.17) is 9.47 Å². The van der Waals surface area contributed by atoms with Crippen LogP contribution in [-0.2, 0) is 9.53 Å². The Bertz CT molecular complexity index is 689. The molecule has 1 aliphatic heterocycles. The summed E-state index contributed by atoms with van der Waals surface area (Å²) in [7, 11) is 1.42. The van der Waals surface area contributed by atoms with Crippen molar-refractivity contribution in [3.63, 3.8) is 0 Å². The summed E-state index contributed by atoms with van der Waals surface area (Å²) < 4.78 is 11.6. The lowest BCUT2D eigenvalue weighted by atomic mass is 9.86. The molecular formula is C21H30BrClN2O4. The van der Waals surface area contributed by atoms with Gasteiger partial charge in [-0.05, 0) is 91.7 Å². The molecule has 0 aromatic heterocycles. The average Bonchev–Trinajstić information content (AvgIpc) is 2.73. The van der Waals surface area contributed by atoms with Crippen LogP contribution < -0.4 is 15.4 Å². The third kappa shape index (κ3) is 6.86. The lowest BCUT2D eigenvalue weighted by molar-refractivity contribution is -0.146. The van der Waals surface area contributed by atoms with E-state index >= 15 is 0 Å². The van der Waals surface area contributed by atoms with Crippen LogP contribution >= 0.6 is 28.3 Å². The first-order chi connectivity index (χ1) is 13.6. The van der Waals surface area contributed by atoms with Crippen LogP contribution in [0.25, 0.3) is 0 Å². The van der Waals surface area contributed by atoms with Gasteiger partial charge >= 0.3 is 5.97 Å². The molecule has 0 spiro atoms. The van der Waals surface area contributed by atoms with E-state index in [0.717, 1.165) is 61.8 Å². The van der Waals surface area contributed by atoms with Gasteiger partial charge in [0.1, 0.15) is 5.75 Å². The first-order valence-corrected chi connectivity index (χ1v) is 10.9. The molecule has 29 heavy (non-hydrogen) atoms. The van der Waals surface area contributed by atoms with Gasteiger partial charge in [0.25, 0.3) is 5.91 Å². The van der Waals surface area contributed by atoms with Crippen LogP contribution in [0.1, 0.15) is 48.9 Å². The minimum absolute atomic E-state index is 0. The zero-order valence-electron chi connectivity index (χ0n) is 16.7. The number of carbonyl (C=O) groups is 2. The molecule has 1 amide bonds. The second-order valence-corrected chi connectivity index (χ2v) is 8.55. The van der Waals surface area contributed by atoms with Gasteiger partial charge in [-0.25, -0.2) is 0 Å². The van der Waals surface area contributed by atoms with E-state index in [1.165, 1.54) is 7.11 Å². The van der Waals surface area contributed by atoms with Gasteiger partial charge in [-0.2, -0.15) is 0 Å². The van der Waals surface area contributed by atoms with E-state index < -0.39 is 0 Å². The second-order valence-electron chi connectivity index (χ2n) is 7.69. The van der Waals surface area contributed by atoms with Crippen molar-refractivity contribution in [1.29, 1.82) is 0 Å². The molecule has 1 saturated heterocycles. The van der Waals surface area contributed by atoms with E-state index in [0.29, 0.717) is 18.1 Å². The van der Waals surface area contributed by atoms with Crippen LogP contribution in [0.2, 0.25) is 0 Å². The van der Waals surface area contributed by atoms with Gasteiger partial charge in [0.2, 0.25) is 0 Å². The van der Waals surface area contributed by atoms with Crippen LogP contribution in [0.5, 0.6) is 5.75 Å². The summed E-state index contributed by atoms with van der Waals surface area (Å²) in [6.07, 6.45) is 5.37. The Balaban J connectivity index is 0.00000300. The largest absolute Gasteiger partial charge is 0.492 e. The molecule has 1 heterocycles. The van der Waals surface area contributed by atoms with Crippen molar-refractivity contribution in [2.45, 2.75) is 44.6 Å². The number of halogens is 2. The summed E-state index contributed by atoms with van der Waals surface area (Å²) in [4.78, 5) is 24.2. The number of carbonyl (C=O) groups excluding carboxylic acids is 2. The molecule has 2 fully saturated rings. The topological polar surface area (TPSA) is 76.7 Å². The summed E-state index contributed by atoms with van der Waals surface area (Å²) in [5.74, 6) is 1.08. The van der Waals surface area contributed by atoms with Crippen LogP contribution in [0.15, 0.2) is 22.7 Å². The molecule has 1 saturated carbocycles. The lowest BCUT2D eigenvalue weighted by Gasteiger charge is -2.27. The van der Waals surface area contributed by atoms with E-state index in [-0.39, 0.29) is 36.2 Å². The smallest absolute Gasteiger partial charge is 0.308 e. The Hall–Kier alpha value is -1.31. The number of nitrogens with one attached hydrogen (secondary N) is 2. The average molecular weight is 490 g/mol. The normalized spacial score (nSPS) is 22.3. The number of amides is 1. The highest BCUT2D eigenvalue weighted by molar-refractivity contribution is 9.10. The summed E-state index contributed by atoms with van der Waals surface area (Å²) in [6, 6.07) is 5.57. The minimum Gasteiger partial charge on any atom is -0.492 e. The zero-order chi connectivity index (χ0) is 19.9. The second kappa shape index (κ2) is 11.8. The summed E-state index contributed by atoms with van der Waals surface area (Å²) in [5.41, 5.74) is 0.608. The molecule has 2 aliphatic rings. The molecule has 0 unspecified atom stereocenters. The predicted molar refractivity (Wildman–Crippen MR) is 118 cm³/mol. The van der Waals surface area contributed by atoms with Gasteiger partial charge in [-0.1, -0.05) is 0 Å². The molecule has 0 atom stereocenters. The highest BCUT2D eigenvalue weighted by Gasteiger charge is 2.28. The standard InChI is InChI=1S/C21H29BrN2O4.ClH/c1-27-21(26)15-2-5-17(6-3-15)24-20(25)16-4-7-19(18(22)12-16)28-13-14-8-10-23-11-9-14;/h4,7,12,14-15,17,23H,2-3,5-6,8-11,13H2,1H3,(H,24,25);1H. The monoisotopic (exact) mass is 488 g/mol. The van der Waals surface area contributed by atoms with E-state index in [2.05, 4.69) is 26.6 Å². The first-order valence-electron chi connectivity index (χ1n) is 10.1. The van der Waals surface area contributed by atoms with Crippen molar-refractivity contribution >= 4 is 40.2 Å². The van der Waals surface area contributed by atoms with Crippen molar-refractivity contribution in [2.24, 2.45) is 11.8 Å². The Morgan fingerprint density at radius 2 is 1.83 bits per heavy atom. The van der Waals surface area contributed by atoms with E-state index in [1.54, 1.807) is 6.07 Å². The molecule has 6 nitrogen and oxygen atoms in total. The van der Waals surface area contributed by atoms with Gasteiger partial charge in [0.15, 0.2) is 0 Å². The fraction of sp³-hybridized carbons (Fsp3) is 0.619. The fourth-order valence-electron chi connectivity index (χ4n) is 3.92. The van der Waals surface area contributed by atoms with Crippen molar-refractivity contribution in [3.05, 3.63) is 28.2 Å². The molecular weight excluding hydrogens is 460 g/mol. The van der Waals surface area contributed by atoms with Gasteiger partial charge < -0.3 is 20.1 Å². The van der Waals surface area contributed by atoms with Crippen LogP contribution in [-0.4, -0.2) is 44.7 Å². The number of ether oxygens (including phenoxy) is 2. The number of hydrogen-bond donors (Lipinski definition) is 2. The van der Waals surface area contributed by atoms with Crippen LogP contribution in [0, 0.1) is 11.8 Å². The maximum absolute atomic E-state index is 12.6. The molecule has 0 bridgehead atoms. The molecule has 1 aromatic rings. The summed E-state index contributed by atoms with van der Waals surface area (Å²) in [5, 5.41) is 6.44. The van der Waals surface area contributed by atoms with Crippen molar-refractivity contribution in [1.82, 2.24) is 10.6 Å². The lowest BCUT2D eigenvalue weighted by Crippen LogP contribution is -2.38. The van der Waals surface area contributed by atoms with Gasteiger partial charge in [-0.3, -0.25) is 9.59 Å². The Kier molecular flexibility index (Phi) is 9.72. The van der Waals surface area contributed by atoms with Crippen molar-refractivity contribution in [2.75, 3.05) is 26.8 Å². The third-order valence-corrected chi connectivity index (χ3v) is 6.34. The third-order valence-electron chi connectivity index (χ3n) is 5.72. The van der Waals surface area contributed by atoms with E-state index in [1.807, 2.05) is 12.1 Å². The molecule has 2 N–H and O–H groups in total. The highest BCUT2D eigenvalue weighted by Crippen LogP contribution is 2.28. The molecule has 162 valence electrons. The SMILES string of the molecule is COC(=O)C1CCC(NC(=O)c2ccc(OCC3CCNCC3)c(Br)c2)CC1.Cl. The number of esters is 1. The molecule has 0 radical (unpaired) electrons. The van der Waals surface area contributed by atoms with Crippen molar-refractivity contribution < 1.29 is 19.1 Å². The number of benzene rings is 1. The number of methoxy groups -OCH3 is 1. The zero-order valence-corrected chi connectivity index (χ0v) is 19.1. The van der Waals surface area contributed by atoms with Crippen LogP contribution in [0.3, 0.4) is 0 Å². The Morgan fingerprint density at radius 3 is 2.45 bits per heavy atom. The molecule has 1 aliphatic carbocycles. The Labute approximate surface area is 187 Å². The predicted octanol–water partition coefficient (Wildman–Crippen LogP) is 3.71. The van der Waals surface area contributed by atoms with Crippen LogP contribution in [0.4, 0.5) is 0 Å². The first kappa shape index (κ1) is 24.0. The van der Waals surface area contributed by atoms with Gasteiger partial charge in [-0.15, -0.1) is 12.4 Å². The highest BCUT2D eigenvalue weighted by atomic mass is 79.9. The van der Waals surface area contributed by atoms with E-state index in [9.17, 15) is 9.59 Å². The number of piperidine rings is 1. The maximum atomic E-state index is 12.6. The quantitative estimate of drug-likeness (QED) is 0.596. The summed E-state index contributed by atoms with van der Waals surface area (Å²) in [6.45, 7) is 2.81. The molecule has 3 rings (SSSR count). The summed E-state index contributed by atoms with van der Waals surface area (Å²) >= 11 is 3.53.